The smallest absolute Gasteiger partial charge is 0.269 e. The number of pyridine rings is 1. The van der Waals surface area contributed by atoms with Crippen LogP contribution in [-0.4, -0.2) is 52.2 Å². The van der Waals surface area contributed by atoms with E-state index in [0.29, 0.717) is 44.8 Å². The molecule has 0 aliphatic rings. The zero-order chi connectivity index (χ0) is 20.7. The van der Waals surface area contributed by atoms with E-state index < -0.39 is 0 Å². The van der Waals surface area contributed by atoms with Crippen LogP contribution < -0.4 is 10.3 Å². The van der Waals surface area contributed by atoms with Gasteiger partial charge in [-0.05, 0) is 24.0 Å². The Bertz CT molecular complexity index is 1440. The molecule has 11 heteroatoms. The third-order valence-electron chi connectivity index (χ3n) is 4.59. The Morgan fingerprint density at radius 2 is 2.07 bits per heavy atom. The highest BCUT2D eigenvalue weighted by Crippen LogP contribution is 2.33. The molecule has 5 rings (SSSR count). The quantitative estimate of drug-likeness (QED) is 0.431. The van der Waals surface area contributed by atoms with Crippen molar-refractivity contribution in [2.24, 2.45) is 0 Å². The number of rotatable bonds is 5. The molecule has 10 nitrogen and oxygen atoms in total. The van der Waals surface area contributed by atoms with Crippen LogP contribution in [0.5, 0.6) is 5.75 Å². The number of aromatic nitrogens is 8. The average molecular weight is 420 g/mol. The van der Waals surface area contributed by atoms with Crippen molar-refractivity contribution in [1.82, 2.24) is 39.3 Å². The van der Waals surface area contributed by atoms with E-state index in [-0.39, 0.29) is 5.56 Å². The minimum Gasteiger partial charge on any atom is -0.496 e. The van der Waals surface area contributed by atoms with Gasteiger partial charge < -0.3 is 4.74 Å². The second kappa shape index (κ2) is 7.26. The maximum Gasteiger partial charge on any atom is 0.269 e. The van der Waals surface area contributed by atoms with Crippen LogP contribution in [-0.2, 0) is 0 Å². The van der Waals surface area contributed by atoms with Gasteiger partial charge in [0.05, 0.1) is 23.7 Å². The van der Waals surface area contributed by atoms with Crippen LogP contribution in [0.15, 0.2) is 52.8 Å². The van der Waals surface area contributed by atoms with E-state index in [0.717, 1.165) is 5.75 Å². The first-order chi connectivity index (χ1) is 14.7. The van der Waals surface area contributed by atoms with Crippen LogP contribution in [0.1, 0.15) is 6.92 Å². The van der Waals surface area contributed by atoms with Gasteiger partial charge >= 0.3 is 0 Å². The molecule has 0 unspecified atom stereocenters. The largest absolute Gasteiger partial charge is 0.496 e. The van der Waals surface area contributed by atoms with Crippen molar-refractivity contribution in [3.63, 3.8) is 0 Å². The number of methoxy groups -OCH3 is 1. The van der Waals surface area contributed by atoms with Gasteiger partial charge in [-0.2, -0.15) is 19.6 Å². The molecule has 0 fully saturated rings. The molecular weight excluding hydrogens is 404 g/mol. The molecule has 4 heterocycles. The molecular formula is C19H16N8O2S. The number of H-pyrrole nitrogens is 1. The van der Waals surface area contributed by atoms with Gasteiger partial charge in [0, 0.05) is 11.8 Å². The third kappa shape index (κ3) is 2.82. The first kappa shape index (κ1) is 18.3. The summed E-state index contributed by atoms with van der Waals surface area (Å²) in [5, 5.41) is 12.2. The average Bonchev–Trinajstić information content (AvgIpc) is 3.42. The summed E-state index contributed by atoms with van der Waals surface area (Å²) in [6, 6.07) is 9.19. The Kier molecular flexibility index (Phi) is 4.43. The minimum absolute atomic E-state index is 0.303. The van der Waals surface area contributed by atoms with E-state index in [9.17, 15) is 4.79 Å². The Morgan fingerprint density at radius 3 is 2.90 bits per heavy atom. The summed E-state index contributed by atoms with van der Waals surface area (Å²) in [5.41, 5.74) is 1.45. The van der Waals surface area contributed by atoms with Crippen LogP contribution in [0.2, 0.25) is 0 Å². The second-order valence-corrected chi connectivity index (χ2v) is 7.49. The first-order valence-electron chi connectivity index (χ1n) is 9.15. The lowest BCUT2D eigenvalue weighted by atomic mass is 10.1. The van der Waals surface area contributed by atoms with Gasteiger partial charge in [0.1, 0.15) is 12.1 Å². The van der Waals surface area contributed by atoms with E-state index in [1.807, 2.05) is 31.2 Å². The number of hydrogen-bond acceptors (Lipinski definition) is 8. The Balaban J connectivity index is 1.86. The van der Waals surface area contributed by atoms with Crippen molar-refractivity contribution in [3.8, 4) is 23.0 Å². The fourth-order valence-electron chi connectivity index (χ4n) is 3.32. The summed E-state index contributed by atoms with van der Waals surface area (Å²) in [5.74, 6) is 2.16. The van der Waals surface area contributed by atoms with Crippen LogP contribution in [0.25, 0.3) is 33.9 Å². The molecule has 0 spiro atoms. The first-order valence-corrected chi connectivity index (χ1v) is 10.1. The van der Waals surface area contributed by atoms with Crippen molar-refractivity contribution in [2.45, 2.75) is 12.1 Å². The topological polar surface area (TPSA) is 116 Å². The number of aromatic amines is 1. The molecule has 0 saturated carbocycles. The van der Waals surface area contributed by atoms with Crippen molar-refractivity contribution in [1.29, 1.82) is 0 Å². The van der Waals surface area contributed by atoms with Crippen molar-refractivity contribution in [2.75, 3.05) is 12.9 Å². The summed E-state index contributed by atoms with van der Waals surface area (Å²) in [6.45, 7) is 2.01. The van der Waals surface area contributed by atoms with Crippen LogP contribution >= 0.6 is 11.8 Å². The van der Waals surface area contributed by atoms with Crippen molar-refractivity contribution >= 4 is 28.4 Å². The number of nitrogens with zero attached hydrogens (tertiary/aromatic N) is 7. The summed E-state index contributed by atoms with van der Waals surface area (Å²) >= 11 is 1.49. The normalized spacial score (nSPS) is 11.4. The van der Waals surface area contributed by atoms with E-state index in [1.165, 1.54) is 22.7 Å². The van der Waals surface area contributed by atoms with E-state index in [1.54, 1.807) is 23.9 Å². The van der Waals surface area contributed by atoms with Gasteiger partial charge in [-0.1, -0.05) is 30.8 Å². The van der Waals surface area contributed by atoms with Crippen LogP contribution in [0.3, 0.4) is 0 Å². The van der Waals surface area contributed by atoms with E-state index in [4.69, 9.17) is 4.74 Å². The predicted molar refractivity (Wildman–Crippen MR) is 112 cm³/mol. The fraction of sp³-hybridized carbons (Fsp3) is 0.158. The van der Waals surface area contributed by atoms with Gasteiger partial charge in [-0.25, -0.2) is 10.1 Å². The highest BCUT2D eigenvalue weighted by atomic mass is 32.2. The number of hydrogen-bond donors (Lipinski definition) is 1. The van der Waals surface area contributed by atoms with Gasteiger partial charge in [-0.15, -0.1) is 5.10 Å². The number of thioether (sulfide) groups is 1. The van der Waals surface area contributed by atoms with E-state index >= 15 is 0 Å². The van der Waals surface area contributed by atoms with Crippen molar-refractivity contribution in [3.05, 3.63) is 53.2 Å². The van der Waals surface area contributed by atoms with Gasteiger partial charge in [-0.3, -0.25) is 9.36 Å². The monoisotopic (exact) mass is 420 g/mol. The molecule has 150 valence electrons. The molecule has 0 aliphatic heterocycles. The highest BCUT2D eigenvalue weighted by Gasteiger charge is 2.20. The van der Waals surface area contributed by atoms with Crippen LogP contribution in [0, 0.1) is 0 Å². The molecule has 1 N–H and O–H groups in total. The standard InChI is InChI=1S/C19H16N8O2S/c1-3-30-19-23-18(24-25-19)26-9-8-12-14(16(26)28)15(27-17(22-12)20-10-21-27)11-6-4-5-7-13(11)29-2/h4-10H,3H2,1-2H3,(H,23,24,25). The summed E-state index contributed by atoms with van der Waals surface area (Å²) in [6.07, 6.45) is 3.03. The van der Waals surface area contributed by atoms with Gasteiger partial charge in [0.25, 0.3) is 11.3 Å². The molecule has 0 bridgehead atoms. The van der Waals surface area contributed by atoms with Crippen molar-refractivity contribution < 1.29 is 4.74 Å². The summed E-state index contributed by atoms with van der Waals surface area (Å²) in [4.78, 5) is 26.7. The summed E-state index contributed by atoms with van der Waals surface area (Å²) < 4.78 is 8.50. The molecule has 1 aromatic carbocycles. The Hall–Kier alpha value is -3.73. The number of nitrogens with one attached hydrogen (secondary N) is 1. The predicted octanol–water partition coefficient (Wildman–Crippen LogP) is 2.33. The maximum atomic E-state index is 13.6. The number of ether oxygens (including phenoxy) is 1. The number of benzene rings is 1. The molecule has 4 aromatic heterocycles. The Morgan fingerprint density at radius 1 is 1.20 bits per heavy atom. The van der Waals surface area contributed by atoms with E-state index in [2.05, 4.69) is 30.2 Å². The molecule has 0 aliphatic carbocycles. The van der Waals surface area contributed by atoms with Gasteiger partial charge in [0.2, 0.25) is 11.1 Å². The minimum atomic E-state index is -0.303. The number of fused-ring (bicyclic) bond motifs is 2. The third-order valence-corrected chi connectivity index (χ3v) is 5.32. The summed E-state index contributed by atoms with van der Waals surface area (Å²) in [7, 11) is 1.58. The molecule has 30 heavy (non-hydrogen) atoms. The molecule has 5 aromatic rings. The van der Waals surface area contributed by atoms with Crippen LogP contribution in [0.4, 0.5) is 0 Å². The zero-order valence-corrected chi connectivity index (χ0v) is 16.9. The lowest BCUT2D eigenvalue weighted by Gasteiger charge is -2.12. The maximum absolute atomic E-state index is 13.6. The molecule has 0 saturated heterocycles. The SMILES string of the molecule is CCSc1n[nH]c(-n2ccc3nc4ncnn4c(-c4ccccc4OC)c3c2=O)n1. The lowest BCUT2D eigenvalue weighted by molar-refractivity contribution is 0.416. The van der Waals surface area contributed by atoms with Gasteiger partial charge in [0.15, 0.2) is 0 Å². The Labute approximate surface area is 174 Å². The molecule has 0 amide bonds. The second-order valence-electron chi connectivity index (χ2n) is 6.26. The molecule has 0 radical (unpaired) electrons. The lowest BCUT2D eigenvalue weighted by Crippen LogP contribution is -2.21. The highest BCUT2D eigenvalue weighted by molar-refractivity contribution is 7.99. The zero-order valence-electron chi connectivity index (χ0n) is 16.1. The number of para-hydroxylation sites is 1. The molecule has 0 atom stereocenters. The fourth-order valence-corrected chi connectivity index (χ4v) is 3.84.